The number of hydrogen-bond donors (Lipinski definition) is 0. The summed E-state index contributed by atoms with van der Waals surface area (Å²) in [5.74, 6) is 1.11. The predicted octanol–water partition coefficient (Wildman–Crippen LogP) is 7.78. The maximum atomic E-state index is 14.7. The SMILES string of the molecule is C.CCOc1cc(C(C)(C)C)ccc1C1=N[C@@H](c2ccc(Cl)cc2)[C@@H](c2ccc(Cl)cc2)N1C(=O)N1CCN(C(=O)COC)CC1. The lowest BCUT2D eigenvalue weighted by atomic mass is 9.86. The van der Waals surface area contributed by atoms with E-state index in [1.165, 1.54) is 7.11 Å². The molecule has 2 atom stereocenters. The highest BCUT2D eigenvalue weighted by Gasteiger charge is 2.45. The first-order valence-corrected chi connectivity index (χ1v) is 16.0. The Kier molecular flexibility index (Phi) is 11.4. The minimum Gasteiger partial charge on any atom is -0.493 e. The molecular formula is C36H44Cl2N4O4. The lowest BCUT2D eigenvalue weighted by Gasteiger charge is -2.39. The highest BCUT2D eigenvalue weighted by atomic mass is 35.5. The van der Waals surface area contributed by atoms with Gasteiger partial charge in [0, 0.05) is 43.3 Å². The Morgan fingerprint density at radius 3 is 1.98 bits per heavy atom. The summed E-state index contributed by atoms with van der Waals surface area (Å²) in [7, 11) is 1.50. The average molecular weight is 668 g/mol. The van der Waals surface area contributed by atoms with Gasteiger partial charge in [0.1, 0.15) is 24.2 Å². The molecule has 3 aromatic rings. The van der Waals surface area contributed by atoms with Crippen LogP contribution in [0.15, 0.2) is 71.7 Å². The van der Waals surface area contributed by atoms with Crippen LogP contribution in [0.5, 0.6) is 5.75 Å². The van der Waals surface area contributed by atoms with Crippen molar-refractivity contribution in [1.82, 2.24) is 14.7 Å². The topological polar surface area (TPSA) is 74.7 Å². The van der Waals surface area contributed by atoms with Crippen molar-refractivity contribution >= 4 is 41.0 Å². The highest BCUT2D eigenvalue weighted by Crippen LogP contribution is 2.46. The Morgan fingerprint density at radius 2 is 1.43 bits per heavy atom. The molecule has 3 amide bonds. The first kappa shape index (κ1) is 35.3. The van der Waals surface area contributed by atoms with Gasteiger partial charge in [-0.25, -0.2) is 4.79 Å². The molecule has 246 valence electrons. The van der Waals surface area contributed by atoms with Crippen molar-refractivity contribution < 1.29 is 19.1 Å². The summed E-state index contributed by atoms with van der Waals surface area (Å²) >= 11 is 12.6. The molecule has 2 aliphatic rings. The molecule has 46 heavy (non-hydrogen) atoms. The quantitative estimate of drug-likeness (QED) is 0.258. The van der Waals surface area contributed by atoms with Crippen LogP contribution in [0.4, 0.5) is 4.79 Å². The van der Waals surface area contributed by atoms with Gasteiger partial charge in [0.25, 0.3) is 0 Å². The smallest absolute Gasteiger partial charge is 0.326 e. The van der Waals surface area contributed by atoms with E-state index < -0.39 is 12.1 Å². The summed E-state index contributed by atoms with van der Waals surface area (Å²) < 4.78 is 11.3. The third kappa shape index (κ3) is 7.51. The lowest BCUT2D eigenvalue weighted by molar-refractivity contribution is -0.136. The Labute approximate surface area is 282 Å². The van der Waals surface area contributed by atoms with E-state index >= 15 is 0 Å². The van der Waals surface area contributed by atoms with Crippen LogP contribution >= 0.6 is 23.2 Å². The molecule has 3 aromatic carbocycles. The molecule has 2 heterocycles. The minimum absolute atomic E-state index is 0. The van der Waals surface area contributed by atoms with Crippen LogP contribution in [0, 0.1) is 0 Å². The first-order chi connectivity index (χ1) is 21.5. The monoisotopic (exact) mass is 666 g/mol. The number of rotatable bonds is 7. The fourth-order valence-electron chi connectivity index (χ4n) is 5.82. The molecule has 0 unspecified atom stereocenters. The van der Waals surface area contributed by atoms with E-state index in [2.05, 4.69) is 32.9 Å². The van der Waals surface area contributed by atoms with Gasteiger partial charge in [-0.15, -0.1) is 0 Å². The third-order valence-corrected chi connectivity index (χ3v) is 8.76. The van der Waals surface area contributed by atoms with Crippen LogP contribution in [0.2, 0.25) is 10.0 Å². The number of carbonyl (C=O) groups is 2. The van der Waals surface area contributed by atoms with Crippen molar-refractivity contribution in [3.63, 3.8) is 0 Å². The summed E-state index contributed by atoms with van der Waals surface area (Å²) in [6, 6.07) is 20.2. The van der Waals surface area contributed by atoms with E-state index in [4.69, 9.17) is 37.7 Å². The molecule has 1 fully saturated rings. The van der Waals surface area contributed by atoms with Gasteiger partial charge in [0.05, 0.1) is 18.2 Å². The number of urea groups is 1. The van der Waals surface area contributed by atoms with E-state index in [0.717, 1.165) is 22.3 Å². The summed E-state index contributed by atoms with van der Waals surface area (Å²) in [5, 5.41) is 1.22. The van der Waals surface area contributed by atoms with Crippen LogP contribution < -0.4 is 4.74 Å². The maximum absolute atomic E-state index is 14.7. The van der Waals surface area contributed by atoms with E-state index in [0.29, 0.717) is 54.4 Å². The Hall–Kier alpha value is -3.59. The molecule has 2 aliphatic heterocycles. The van der Waals surface area contributed by atoms with E-state index in [1.54, 1.807) is 14.7 Å². The number of carbonyl (C=O) groups excluding carboxylic acids is 2. The number of benzene rings is 3. The molecule has 0 bridgehead atoms. The molecular weight excluding hydrogens is 623 g/mol. The highest BCUT2D eigenvalue weighted by molar-refractivity contribution is 6.30. The molecule has 0 spiro atoms. The molecule has 0 radical (unpaired) electrons. The number of methoxy groups -OCH3 is 1. The zero-order chi connectivity index (χ0) is 32.3. The number of hydrogen-bond acceptors (Lipinski definition) is 5. The molecule has 1 saturated heterocycles. The van der Waals surface area contributed by atoms with Crippen molar-refractivity contribution in [2.75, 3.05) is 46.5 Å². The molecule has 0 aromatic heterocycles. The van der Waals surface area contributed by atoms with Gasteiger partial charge in [0.15, 0.2) is 0 Å². The van der Waals surface area contributed by atoms with Gasteiger partial charge in [-0.05, 0) is 65.4 Å². The molecule has 0 aliphatic carbocycles. The average Bonchev–Trinajstić information content (AvgIpc) is 3.41. The van der Waals surface area contributed by atoms with Crippen LogP contribution in [0.25, 0.3) is 0 Å². The normalized spacial score (nSPS) is 18.2. The van der Waals surface area contributed by atoms with Gasteiger partial charge in [-0.3, -0.25) is 14.7 Å². The summed E-state index contributed by atoms with van der Waals surface area (Å²) in [6.45, 7) is 10.5. The van der Waals surface area contributed by atoms with Gasteiger partial charge in [-0.1, -0.05) is 81.7 Å². The zero-order valence-corrected chi connectivity index (χ0v) is 27.9. The second-order valence-corrected chi connectivity index (χ2v) is 13.2. The van der Waals surface area contributed by atoms with Gasteiger partial charge < -0.3 is 19.3 Å². The Balaban J connectivity index is 0.00000480. The maximum Gasteiger partial charge on any atom is 0.326 e. The number of ether oxygens (including phenoxy) is 2. The van der Waals surface area contributed by atoms with Crippen molar-refractivity contribution in [3.8, 4) is 5.75 Å². The van der Waals surface area contributed by atoms with E-state index in [-0.39, 0.29) is 31.4 Å². The van der Waals surface area contributed by atoms with Crippen molar-refractivity contribution in [1.29, 1.82) is 0 Å². The number of piperazine rings is 1. The standard InChI is InChI=1S/C35H40Cl2N4O4.CH4/c1-6-45-29-21-25(35(2,3)4)11-16-28(29)33-38-31(23-7-12-26(36)13-8-23)32(24-9-14-27(37)15-10-24)41(33)34(43)40-19-17-39(18-20-40)30(42)22-44-5;/h7-16,21,31-32H,6,17-20,22H2,1-5H3;1H4/t31-,32+;/m0./s1. The summed E-state index contributed by atoms with van der Waals surface area (Å²) in [6.07, 6.45) is 0. The fourth-order valence-corrected chi connectivity index (χ4v) is 6.07. The largest absolute Gasteiger partial charge is 0.493 e. The third-order valence-electron chi connectivity index (χ3n) is 8.26. The second kappa shape index (κ2) is 14.9. The van der Waals surface area contributed by atoms with E-state index in [1.807, 2.05) is 61.5 Å². The number of amides is 3. The van der Waals surface area contributed by atoms with Crippen LogP contribution in [0.1, 0.15) is 69.5 Å². The Bertz CT molecular complexity index is 1550. The second-order valence-electron chi connectivity index (χ2n) is 12.3. The van der Waals surface area contributed by atoms with Gasteiger partial charge >= 0.3 is 6.03 Å². The van der Waals surface area contributed by atoms with Crippen molar-refractivity contribution in [2.24, 2.45) is 4.99 Å². The predicted molar refractivity (Wildman–Crippen MR) is 185 cm³/mol. The number of halogens is 2. The fraction of sp³-hybridized carbons (Fsp3) is 0.417. The zero-order valence-electron chi connectivity index (χ0n) is 26.4. The summed E-state index contributed by atoms with van der Waals surface area (Å²) in [5.41, 5.74) is 3.57. The first-order valence-electron chi connectivity index (χ1n) is 15.2. The molecule has 0 N–H and O–H groups in total. The van der Waals surface area contributed by atoms with Crippen LogP contribution in [-0.4, -0.2) is 79.0 Å². The van der Waals surface area contributed by atoms with Crippen LogP contribution in [-0.2, 0) is 14.9 Å². The number of aliphatic imine (C=N–C) groups is 1. The van der Waals surface area contributed by atoms with Gasteiger partial charge in [0.2, 0.25) is 5.91 Å². The Morgan fingerprint density at radius 1 is 0.870 bits per heavy atom. The summed E-state index contributed by atoms with van der Waals surface area (Å²) in [4.78, 5) is 37.8. The van der Waals surface area contributed by atoms with Gasteiger partial charge in [-0.2, -0.15) is 0 Å². The number of nitrogens with zero attached hydrogens (tertiary/aromatic N) is 4. The lowest BCUT2D eigenvalue weighted by Crippen LogP contribution is -2.55. The molecule has 5 rings (SSSR count). The molecule has 0 saturated carbocycles. The molecule has 10 heteroatoms. The number of amidine groups is 1. The van der Waals surface area contributed by atoms with Crippen molar-refractivity contribution in [3.05, 3.63) is 99.0 Å². The van der Waals surface area contributed by atoms with Crippen molar-refractivity contribution in [2.45, 2.75) is 52.6 Å². The minimum atomic E-state index is -0.476. The van der Waals surface area contributed by atoms with E-state index in [9.17, 15) is 9.59 Å². The van der Waals surface area contributed by atoms with Crippen LogP contribution in [0.3, 0.4) is 0 Å². The molecule has 8 nitrogen and oxygen atoms in total.